The smallest absolute Gasteiger partial charge is 0.215 e. The average Bonchev–Trinajstić information content (AvgIpc) is 2.57. The molecule has 92 valence electrons. The third kappa shape index (κ3) is 2.32. The average molecular weight is 254 g/mol. The van der Waals surface area contributed by atoms with Gasteiger partial charge in [0.05, 0.1) is 10.4 Å². The first-order valence-electron chi connectivity index (χ1n) is 5.08. The van der Waals surface area contributed by atoms with Crippen molar-refractivity contribution in [2.45, 2.75) is 24.3 Å². The quantitative estimate of drug-likeness (QED) is 0.876. The Morgan fingerprint density at radius 1 is 1.35 bits per heavy atom. The Hall–Kier alpha value is -1.40. The van der Waals surface area contributed by atoms with Crippen LogP contribution in [0.1, 0.15) is 19.7 Å². The molecule has 0 radical (unpaired) electrons. The lowest BCUT2D eigenvalue weighted by Gasteiger charge is -2.11. The van der Waals surface area contributed by atoms with Crippen LogP contribution in [-0.2, 0) is 15.4 Å². The third-order valence-electron chi connectivity index (χ3n) is 2.34. The van der Waals surface area contributed by atoms with Gasteiger partial charge in [-0.05, 0) is 32.0 Å². The zero-order chi connectivity index (χ0) is 12.8. The Kier molecular flexibility index (Phi) is 2.52. The summed E-state index contributed by atoms with van der Waals surface area (Å²) in [6, 6.07) is 4.58. The van der Waals surface area contributed by atoms with Crippen LogP contribution in [0, 0.1) is 0 Å². The van der Waals surface area contributed by atoms with Gasteiger partial charge in [-0.25, -0.2) is 13.4 Å². The normalized spacial score (nSPS) is 13.2. The first-order chi connectivity index (χ1) is 7.68. The topological polar surface area (TPSA) is 86.2 Å². The first-order valence-corrected chi connectivity index (χ1v) is 6.97. The van der Waals surface area contributed by atoms with Crippen molar-refractivity contribution in [1.29, 1.82) is 0 Å². The molecular weight excluding hydrogens is 240 g/mol. The molecule has 0 saturated carbocycles. The van der Waals surface area contributed by atoms with E-state index in [0.29, 0.717) is 17.0 Å². The molecular formula is C11H14N2O3S. The van der Waals surface area contributed by atoms with Crippen molar-refractivity contribution >= 4 is 20.9 Å². The van der Waals surface area contributed by atoms with E-state index in [4.69, 9.17) is 10.2 Å². The number of hydrogen-bond donors (Lipinski definition) is 1. The summed E-state index contributed by atoms with van der Waals surface area (Å²) in [6.07, 6.45) is 1.15. The van der Waals surface area contributed by atoms with Crippen molar-refractivity contribution in [3.05, 3.63) is 24.1 Å². The van der Waals surface area contributed by atoms with Gasteiger partial charge in [-0.15, -0.1) is 0 Å². The Bertz CT molecular complexity index is 666. The fraction of sp³-hybridized carbons (Fsp3) is 0.364. The maximum absolute atomic E-state index is 11.4. The van der Waals surface area contributed by atoms with E-state index in [9.17, 15) is 8.42 Å². The van der Waals surface area contributed by atoms with Gasteiger partial charge in [-0.3, -0.25) is 0 Å². The molecule has 0 aliphatic rings. The molecule has 0 saturated heterocycles. The summed E-state index contributed by atoms with van der Waals surface area (Å²) in [5.74, 6) is 0.387. The zero-order valence-corrected chi connectivity index (χ0v) is 10.7. The minimum atomic E-state index is -3.23. The first kappa shape index (κ1) is 12.1. The molecule has 2 rings (SSSR count). The van der Waals surface area contributed by atoms with E-state index >= 15 is 0 Å². The van der Waals surface area contributed by atoms with Crippen molar-refractivity contribution in [2.75, 3.05) is 6.26 Å². The Morgan fingerprint density at radius 3 is 2.53 bits per heavy atom. The second-order valence-electron chi connectivity index (χ2n) is 4.64. The van der Waals surface area contributed by atoms with Crippen LogP contribution >= 0.6 is 0 Å². The number of aromatic nitrogens is 1. The van der Waals surface area contributed by atoms with Gasteiger partial charge < -0.3 is 10.2 Å². The van der Waals surface area contributed by atoms with E-state index in [0.717, 1.165) is 6.26 Å². The van der Waals surface area contributed by atoms with Crippen LogP contribution in [0.25, 0.3) is 11.1 Å². The summed E-state index contributed by atoms with van der Waals surface area (Å²) < 4.78 is 28.3. The van der Waals surface area contributed by atoms with Gasteiger partial charge in [-0.2, -0.15) is 0 Å². The standard InChI is InChI=1S/C11H14N2O3S/c1-11(2,12)10-13-8-6-7(17(3,14)15)4-5-9(8)16-10/h4-6H,12H2,1-3H3. The highest BCUT2D eigenvalue weighted by molar-refractivity contribution is 7.90. The molecule has 17 heavy (non-hydrogen) atoms. The van der Waals surface area contributed by atoms with Crippen molar-refractivity contribution in [1.82, 2.24) is 4.98 Å². The van der Waals surface area contributed by atoms with Crippen LogP contribution in [0.3, 0.4) is 0 Å². The van der Waals surface area contributed by atoms with Gasteiger partial charge in [0.15, 0.2) is 15.4 Å². The summed E-state index contributed by atoms with van der Waals surface area (Å²) in [7, 11) is -3.23. The van der Waals surface area contributed by atoms with Crippen molar-refractivity contribution in [3.63, 3.8) is 0 Å². The van der Waals surface area contributed by atoms with Gasteiger partial charge >= 0.3 is 0 Å². The highest BCUT2D eigenvalue weighted by atomic mass is 32.2. The van der Waals surface area contributed by atoms with Gasteiger partial charge in [0.1, 0.15) is 5.52 Å². The number of oxazole rings is 1. The fourth-order valence-corrected chi connectivity index (χ4v) is 2.05. The molecule has 0 aliphatic heterocycles. The Morgan fingerprint density at radius 2 is 2.00 bits per heavy atom. The van der Waals surface area contributed by atoms with Gasteiger partial charge in [0.2, 0.25) is 5.89 Å². The van der Waals surface area contributed by atoms with Gasteiger partial charge in [0, 0.05) is 6.26 Å². The van der Waals surface area contributed by atoms with Crippen LogP contribution in [0.15, 0.2) is 27.5 Å². The number of hydrogen-bond acceptors (Lipinski definition) is 5. The van der Waals surface area contributed by atoms with E-state index in [1.165, 1.54) is 12.1 Å². The van der Waals surface area contributed by atoms with E-state index in [-0.39, 0.29) is 4.90 Å². The number of fused-ring (bicyclic) bond motifs is 1. The third-order valence-corrected chi connectivity index (χ3v) is 3.45. The van der Waals surface area contributed by atoms with Gasteiger partial charge in [0.25, 0.3) is 0 Å². The highest BCUT2D eigenvalue weighted by Crippen LogP contribution is 2.24. The maximum atomic E-state index is 11.4. The van der Waals surface area contributed by atoms with E-state index in [2.05, 4.69) is 4.98 Å². The van der Waals surface area contributed by atoms with Crippen molar-refractivity contribution < 1.29 is 12.8 Å². The number of nitrogens with two attached hydrogens (primary N) is 1. The molecule has 1 aromatic carbocycles. The van der Waals surface area contributed by atoms with Crippen molar-refractivity contribution in [3.8, 4) is 0 Å². The highest BCUT2D eigenvalue weighted by Gasteiger charge is 2.22. The Balaban J connectivity index is 2.64. The van der Waals surface area contributed by atoms with Crippen LogP contribution in [0.5, 0.6) is 0 Å². The summed E-state index contributed by atoms with van der Waals surface area (Å²) >= 11 is 0. The maximum Gasteiger partial charge on any atom is 0.215 e. The summed E-state index contributed by atoms with van der Waals surface area (Å²) in [4.78, 5) is 4.42. The predicted molar refractivity (Wildman–Crippen MR) is 64.3 cm³/mol. The molecule has 0 spiro atoms. The molecule has 5 nitrogen and oxygen atoms in total. The molecule has 6 heteroatoms. The molecule has 0 bridgehead atoms. The lowest BCUT2D eigenvalue weighted by molar-refractivity contribution is 0.394. The molecule has 2 aromatic rings. The second kappa shape index (κ2) is 3.54. The number of rotatable bonds is 2. The monoisotopic (exact) mass is 254 g/mol. The number of nitrogens with zero attached hydrogens (tertiary/aromatic N) is 1. The summed E-state index contributed by atoms with van der Waals surface area (Å²) in [6.45, 7) is 3.55. The largest absolute Gasteiger partial charge is 0.439 e. The number of benzene rings is 1. The minimum Gasteiger partial charge on any atom is -0.439 e. The molecule has 0 fully saturated rings. The Labute approximate surface area is 99.6 Å². The lowest BCUT2D eigenvalue weighted by atomic mass is 10.1. The number of sulfone groups is 1. The lowest BCUT2D eigenvalue weighted by Crippen LogP contribution is -2.28. The molecule has 1 heterocycles. The minimum absolute atomic E-state index is 0.222. The molecule has 0 atom stereocenters. The second-order valence-corrected chi connectivity index (χ2v) is 6.66. The van der Waals surface area contributed by atoms with Gasteiger partial charge in [-0.1, -0.05) is 0 Å². The molecule has 0 amide bonds. The van der Waals surface area contributed by atoms with E-state index < -0.39 is 15.4 Å². The van der Waals surface area contributed by atoms with E-state index in [1.807, 2.05) is 0 Å². The predicted octanol–water partition coefficient (Wildman–Crippen LogP) is 1.43. The van der Waals surface area contributed by atoms with Crippen LogP contribution in [0.4, 0.5) is 0 Å². The summed E-state index contributed by atoms with van der Waals surface area (Å²) in [5, 5.41) is 0. The molecule has 1 aromatic heterocycles. The van der Waals surface area contributed by atoms with Crippen LogP contribution in [-0.4, -0.2) is 19.7 Å². The molecule has 0 aliphatic carbocycles. The zero-order valence-electron chi connectivity index (χ0n) is 9.89. The molecule has 0 unspecified atom stereocenters. The summed E-state index contributed by atoms with van der Waals surface area (Å²) in [5.41, 5.74) is 6.21. The SMILES string of the molecule is CC(C)(N)c1nc2cc(S(C)(=O)=O)ccc2o1. The molecule has 2 N–H and O–H groups in total. The van der Waals surface area contributed by atoms with Crippen LogP contribution < -0.4 is 5.73 Å². The van der Waals surface area contributed by atoms with Crippen molar-refractivity contribution in [2.24, 2.45) is 5.73 Å². The van der Waals surface area contributed by atoms with Crippen LogP contribution in [0.2, 0.25) is 0 Å². The van der Waals surface area contributed by atoms with E-state index in [1.54, 1.807) is 19.9 Å². The fourth-order valence-electron chi connectivity index (χ4n) is 1.41.